The van der Waals surface area contributed by atoms with Gasteiger partial charge < -0.3 is 10.2 Å². The van der Waals surface area contributed by atoms with E-state index in [1.807, 2.05) is 20.2 Å². The van der Waals surface area contributed by atoms with Crippen LogP contribution in [0.5, 0.6) is 0 Å². The summed E-state index contributed by atoms with van der Waals surface area (Å²) in [6, 6.07) is 8.40. The quantitative estimate of drug-likeness (QED) is 0.899. The highest BCUT2D eigenvalue weighted by Gasteiger charge is 2.10. The van der Waals surface area contributed by atoms with E-state index in [2.05, 4.69) is 58.3 Å². The number of aryl methyl sites for hydroxylation is 2. The second kappa shape index (κ2) is 6.37. The fourth-order valence-electron chi connectivity index (χ4n) is 2.05. The smallest absolute Gasteiger partial charge is 0.224 e. The van der Waals surface area contributed by atoms with Crippen LogP contribution < -0.4 is 10.2 Å². The normalized spacial score (nSPS) is 10.4. The third kappa shape index (κ3) is 3.26. The number of nitrogens with one attached hydrogen (secondary N) is 1. The summed E-state index contributed by atoms with van der Waals surface area (Å²) >= 11 is 0. The van der Waals surface area contributed by atoms with E-state index < -0.39 is 0 Å². The number of anilines is 3. The first-order chi connectivity index (χ1) is 9.61. The first-order valence-electron chi connectivity index (χ1n) is 6.99. The molecule has 0 spiro atoms. The lowest BCUT2D eigenvalue weighted by atomic mass is 10.2. The van der Waals surface area contributed by atoms with Crippen LogP contribution in [0.25, 0.3) is 0 Å². The Bertz CT molecular complexity index is 580. The van der Waals surface area contributed by atoms with Crippen LogP contribution in [0.3, 0.4) is 0 Å². The lowest BCUT2D eigenvalue weighted by Crippen LogP contribution is -2.15. The highest BCUT2D eigenvalue weighted by Crippen LogP contribution is 2.25. The van der Waals surface area contributed by atoms with E-state index in [-0.39, 0.29) is 0 Å². The number of benzene rings is 1. The molecule has 0 aliphatic heterocycles. The zero-order valence-electron chi connectivity index (χ0n) is 12.6. The fraction of sp³-hybridized carbons (Fsp3) is 0.375. The van der Waals surface area contributed by atoms with Gasteiger partial charge in [-0.05, 0) is 38.0 Å². The topological polar surface area (TPSA) is 41.1 Å². The molecular formula is C16H22N4. The van der Waals surface area contributed by atoms with Crippen molar-refractivity contribution >= 4 is 17.5 Å². The summed E-state index contributed by atoms with van der Waals surface area (Å²) in [5, 5.41) is 3.23. The van der Waals surface area contributed by atoms with Gasteiger partial charge in [0.15, 0.2) is 0 Å². The summed E-state index contributed by atoms with van der Waals surface area (Å²) in [6.45, 7) is 7.14. The van der Waals surface area contributed by atoms with E-state index in [0.717, 1.165) is 30.0 Å². The minimum absolute atomic E-state index is 0.687. The second-order valence-corrected chi connectivity index (χ2v) is 5.03. The van der Waals surface area contributed by atoms with E-state index >= 15 is 0 Å². The van der Waals surface area contributed by atoms with Crippen molar-refractivity contribution in [2.75, 3.05) is 23.8 Å². The summed E-state index contributed by atoms with van der Waals surface area (Å²) in [5.74, 6) is 1.62. The Balaban J connectivity index is 2.30. The standard InChI is InChI=1S/C16H22N4/c1-5-9-17-16-18-11-13(3)15(19-16)20(4)14-8-6-7-12(2)10-14/h6-8,10-11H,5,9H2,1-4H3,(H,17,18,19). The summed E-state index contributed by atoms with van der Waals surface area (Å²) in [4.78, 5) is 11.0. The van der Waals surface area contributed by atoms with Gasteiger partial charge in [0.1, 0.15) is 5.82 Å². The molecule has 0 saturated heterocycles. The molecule has 0 bridgehead atoms. The Hall–Kier alpha value is -2.10. The molecule has 1 heterocycles. The van der Waals surface area contributed by atoms with Crippen molar-refractivity contribution in [2.45, 2.75) is 27.2 Å². The van der Waals surface area contributed by atoms with Gasteiger partial charge in [-0.15, -0.1) is 0 Å². The van der Waals surface area contributed by atoms with Crippen LogP contribution in [0, 0.1) is 13.8 Å². The second-order valence-electron chi connectivity index (χ2n) is 5.03. The number of hydrogen-bond donors (Lipinski definition) is 1. The molecule has 0 radical (unpaired) electrons. The molecule has 1 aromatic carbocycles. The Morgan fingerprint density at radius 2 is 2.05 bits per heavy atom. The molecule has 106 valence electrons. The maximum Gasteiger partial charge on any atom is 0.224 e. The minimum atomic E-state index is 0.687. The first-order valence-corrected chi connectivity index (χ1v) is 6.99. The summed E-state index contributed by atoms with van der Waals surface area (Å²) in [7, 11) is 2.04. The van der Waals surface area contributed by atoms with Crippen LogP contribution in [0.1, 0.15) is 24.5 Å². The number of nitrogens with zero attached hydrogens (tertiary/aromatic N) is 3. The molecule has 1 aromatic heterocycles. The molecule has 0 aliphatic carbocycles. The summed E-state index contributed by atoms with van der Waals surface area (Å²) < 4.78 is 0. The van der Waals surface area contributed by atoms with E-state index in [4.69, 9.17) is 0 Å². The van der Waals surface area contributed by atoms with Crippen molar-refractivity contribution in [3.8, 4) is 0 Å². The maximum absolute atomic E-state index is 4.62. The molecule has 0 amide bonds. The zero-order chi connectivity index (χ0) is 14.5. The molecule has 0 saturated carbocycles. The van der Waals surface area contributed by atoms with Crippen molar-refractivity contribution in [1.29, 1.82) is 0 Å². The fourth-order valence-corrected chi connectivity index (χ4v) is 2.05. The third-order valence-corrected chi connectivity index (χ3v) is 3.18. The van der Waals surface area contributed by atoms with E-state index in [9.17, 15) is 0 Å². The third-order valence-electron chi connectivity index (χ3n) is 3.18. The van der Waals surface area contributed by atoms with Crippen molar-refractivity contribution in [2.24, 2.45) is 0 Å². The molecule has 2 rings (SSSR count). The Morgan fingerprint density at radius 1 is 1.25 bits per heavy atom. The van der Waals surface area contributed by atoms with Crippen molar-refractivity contribution < 1.29 is 0 Å². The summed E-state index contributed by atoms with van der Waals surface area (Å²) in [5.41, 5.74) is 3.44. The molecule has 0 atom stereocenters. The molecule has 4 nitrogen and oxygen atoms in total. The molecule has 0 fully saturated rings. The Morgan fingerprint density at radius 3 is 2.75 bits per heavy atom. The molecule has 20 heavy (non-hydrogen) atoms. The van der Waals surface area contributed by atoms with Crippen LogP contribution in [0.4, 0.5) is 17.5 Å². The van der Waals surface area contributed by atoms with Crippen molar-refractivity contribution in [3.63, 3.8) is 0 Å². The predicted octanol–water partition coefficient (Wildman–Crippen LogP) is 3.68. The van der Waals surface area contributed by atoms with Gasteiger partial charge in [-0.3, -0.25) is 0 Å². The lowest BCUT2D eigenvalue weighted by Gasteiger charge is -2.21. The molecule has 0 unspecified atom stereocenters. The van der Waals surface area contributed by atoms with Gasteiger partial charge in [-0.1, -0.05) is 19.1 Å². The Kier molecular flexibility index (Phi) is 4.56. The summed E-state index contributed by atoms with van der Waals surface area (Å²) in [6.07, 6.45) is 2.92. The van der Waals surface area contributed by atoms with Gasteiger partial charge in [0.25, 0.3) is 0 Å². The molecule has 4 heteroatoms. The van der Waals surface area contributed by atoms with Gasteiger partial charge in [0, 0.05) is 31.0 Å². The molecule has 1 N–H and O–H groups in total. The molecule has 2 aromatic rings. The highest BCUT2D eigenvalue weighted by molar-refractivity contribution is 5.63. The van der Waals surface area contributed by atoms with Crippen molar-refractivity contribution in [3.05, 3.63) is 41.6 Å². The average molecular weight is 270 g/mol. The highest BCUT2D eigenvalue weighted by atomic mass is 15.2. The van der Waals surface area contributed by atoms with Crippen LogP contribution in [-0.4, -0.2) is 23.6 Å². The SMILES string of the molecule is CCCNc1ncc(C)c(N(C)c2cccc(C)c2)n1. The molecular weight excluding hydrogens is 248 g/mol. The number of hydrogen-bond acceptors (Lipinski definition) is 4. The van der Waals surface area contributed by atoms with Crippen LogP contribution in [-0.2, 0) is 0 Å². The van der Waals surface area contributed by atoms with Gasteiger partial charge in [-0.25, -0.2) is 4.98 Å². The first kappa shape index (κ1) is 14.3. The zero-order valence-corrected chi connectivity index (χ0v) is 12.6. The molecule has 0 aliphatic rings. The van der Waals surface area contributed by atoms with Crippen LogP contribution in [0.15, 0.2) is 30.5 Å². The minimum Gasteiger partial charge on any atom is -0.354 e. The van der Waals surface area contributed by atoms with Crippen LogP contribution >= 0.6 is 0 Å². The number of aromatic nitrogens is 2. The Labute approximate surface area is 120 Å². The van der Waals surface area contributed by atoms with Gasteiger partial charge in [-0.2, -0.15) is 4.98 Å². The monoisotopic (exact) mass is 270 g/mol. The largest absolute Gasteiger partial charge is 0.354 e. The van der Waals surface area contributed by atoms with E-state index in [1.54, 1.807) is 0 Å². The van der Waals surface area contributed by atoms with Gasteiger partial charge in [0.2, 0.25) is 5.95 Å². The van der Waals surface area contributed by atoms with Gasteiger partial charge in [0.05, 0.1) is 0 Å². The van der Waals surface area contributed by atoms with Gasteiger partial charge >= 0.3 is 0 Å². The lowest BCUT2D eigenvalue weighted by molar-refractivity contribution is 0.944. The number of rotatable bonds is 5. The van der Waals surface area contributed by atoms with Crippen LogP contribution in [0.2, 0.25) is 0 Å². The maximum atomic E-state index is 4.62. The predicted molar refractivity (Wildman–Crippen MR) is 84.8 cm³/mol. The van der Waals surface area contributed by atoms with E-state index in [1.165, 1.54) is 5.56 Å². The average Bonchev–Trinajstić information content (AvgIpc) is 2.45. The van der Waals surface area contributed by atoms with Crippen molar-refractivity contribution in [1.82, 2.24) is 9.97 Å². The van der Waals surface area contributed by atoms with E-state index in [0.29, 0.717) is 5.95 Å².